The van der Waals surface area contributed by atoms with Crippen molar-refractivity contribution in [3.8, 4) is 6.07 Å². The fourth-order valence-corrected chi connectivity index (χ4v) is 1.58. The van der Waals surface area contributed by atoms with E-state index in [1.807, 2.05) is 6.92 Å². The number of nitrogens with zero attached hydrogens (tertiary/aromatic N) is 2. The van der Waals surface area contributed by atoms with E-state index in [1.54, 1.807) is 6.07 Å². The second-order valence-corrected chi connectivity index (χ2v) is 4.25. The molecule has 0 aromatic carbocycles. The number of esters is 2. The van der Waals surface area contributed by atoms with E-state index in [1.165, 1.54) is 13.3 Å². The summed E-state index contributed by atoms with van der Waals surface area (Å²) in [4.78, 5) is 35.0. The highest BCUT2D eigenvalue weighted by Crippen LogP contribution is 2.03. The Bertz CT molecular complexity index is 627. The van der Waals surface area contributed by atoms with Crippen LogP contribution in [0.2, 0.25) is 0 Å². The summed E-state index contributed by atoms with van der Waals surface area (Å²) in [7, 11) is 1.18. The monoisotopic (exact) mass is 292 g/mol. The van der Waals surface area contributed by atoms with Crippen molar-refractivity contribution in [3.05, 3.63) is 33.7 Å². The number of carbonyl (C=O) groups is 2. The summed E-state index contributed by atoms with van der Waals surface area (Å²) >= 11 is 0. The Morgan fingerprint density at radius 1 is 1.43 bits per heavy atom. The van der Waals surface area contributed by atoms with Crippen molar-refractivity contribution in [2.75, 3.05) is 13.7 Å². The first kappa shape index (κ1) is 16.4. The summed E-state index contributed by atoms with van der Waals surface area (Å²) in [5, 5.41) is 8.90. The van der Waals surface area contributed by atoms with Crippen molar-refractivity contribution < 1.29 is 19.1 Å². The zero-order valence-electron chi connectivity index (χ0n) is 11.9. The van der Waals surface area contributed by atoms with Gasteiger partial charge in [-0.05, 0) is 12.5 Å². The number of rotatable bonds is 6. The fourth-order valence-electron chi connectivity index (χ4n) is 1.58. The molecular formula is C14H16N2O5. The van der Waals surface area contributed by atoms with Gasteiger partial charge in [0.2, 0.25) is 0 Å². The first-order chi connectivity index (χ1) is 10.0. The number of ether oxygens (including phenoxy) is 2. The van der Waals surface area contributed by atoms with Crippen LogP contribution < -0.4 is 5.56 Å². The first-order valence-corrected chi connectivity index (χ1v) is 6.42. The zero-order chi connectivity index (χ0) is 15.8. The van der Waals surface area contributed by atoms with Crippen LogP contribution in [0, 0.1) is 11.3 Å². The van der Waals surface area contributed by atoms with Gasteiger partial charge in [0.15, 0.2) is 0 Å². The van der Waals surface area contributed by atoms with Crippen LogP contribution in [0.5, 0.6) is 0 Å². The molecule has 7 heteroatoms. The minimum Gasteiger partial charge on any atom is -0.465 e. The number of hydrogen-bond donors (Lipinski definition) is 0. The number of aromatic nitrogens is 1. The molecule has 0 unspecified atom stereocenters. The summed E-state index contributed by atoms with van der Waals surface area (Å²) < 4.78 is 10.5. The molecule has 0 atom stereocenters. The molecule has 1 heterocycles. The number of unbranched alkanes of at least 4 members (excludes halogenated alkanes) is 1. The lowest BCUT2D eigenvalue weighted by molar-refractivity contribution is -0.144. The largest absolute Gasteiger partial charge is 0.465 e. The molecule has 0 N–H and O–H groups in total. The molecule has 0 aliphatic rings. The van der Waals surface area contributed by atoms with E-state index in [0.717, 1.165) is 23.5 Å². The fraction of sp³-hybridized carbons (Fsp3) is 0.429. The third-order valence-electron chi connectivity index (χ3n) is 2.69. The summed E-state index contributed by atoms with van der Waals surface area (Å²) in [5.74, 6) is -1.30. The molecule has 1 aromatic rings. The van der Waals surface area contributed by atoms with Gasteiger partial charge in [0.05, 0.1) is 19.3 Å². The minimum atomic E-state index is -0.695. The van der Waals surface area contributed by atoms with E-state index in [4.69, 9.17) is 10.00 Å². The normalized spacial score (nSPS) is 9.76. The lowest BCUT2D eigenvalue weighted by Gasteiger charge is -2.08. The Kier molecular flexibility index (Phi) is 6.14. The van der Waals surface area contributed by atoms with Gasteiger partial charge in [0.1, 0.15) is 18.2 Å². The van der Waals surface area contributed by atoms with Crippen LogP contribution >= 0.6 is 0 Å². The third kappa shape index (κ3) is 4.45. The molecule has 0 saturated heterocycles. The molecule has 1 aromatic heterocycles. The Hall–Kier alpha value is -2.62. The molecule has 0 aliphatic heterocycles. The molecule has 0 bridgehead atoms. The Balaban J connectivity index is 3.00. The molecule has 21 heavy (non-hydrogen) atoms. The van der Waals surface area contributed by atoms with Crippen LogP contribution in [0.4, 0.5) is 0 Å². The van der Waals surface area contributed by atoms with Gasteiger partial charge in [-0.3, -0.25) is 9.59 Å². The molecule has 1 rings (SSSR count). The van der Waals surface area contributed by atoms with Crippen molar-refractivity contribution in [1.29, 1.82) is 5.26 Å². The van der Waals surface area contributed by atoms with Gasteiger partial charge in [0, 0.05) is 6.20 Å². The smallest absolute Gasteiger partial charge is 0.339 e. The number of nitriles is 1. The molecular weight excluding hydrogens is 276 g/mol. The standard InChI is InChI=1S/C14H16N2O5/c1-3-4-5-21-12(17)9-16-8-11(14(19)20-2)6-10(7-15)13(16)18/h6,8H,3-5,9H2,1-2H3. The van der Waals surface area contributed by atoms with Crippen LogP contribution in [-0.2, 0) is 20.8 Å². The summed E-state index contributed by atoms with van der Waals surface area (Å²) in [5.41, 5.74) is -0.869. The maximum absolute atomic E-state index is 11.9. The Morgan fingerprint density at radius 2 is 2.14 bits per heavy atom. The van der Waals surface area contributed by atoms with Crippen molar-refractivity contribution in [3.63, 3.8) is 0 Å². The van der Waals surface area contributed by atoms with Gasteiger partial charge in [-0.2, -0.15) is 5.26 Å². The molecule has 0 amide bonds. The second-order valence-electron chi connectivity index (χ2n) is 4.25. The van der Waals surface area contributed by atoms with Crippen LogP contribution in [0.3, 0.4) is 0 Å². The van der Waals surface area contributed by atoms with Crippen LogP contribution in [0.25, 0.3) is 0 Å². The van der Waals surface area contributed by atoms with Crippen molar-refractivity contribution in [1.82, 2.24) is 4.57 Å². The predicted molar refractivity (Wildman–Crippen MR) is 72.6 cm³/mol. The van der Waals surface area contributed by atoms with Gasteiger partial charge in [-0.15, -0.1) is 0 Å². The zero-order valence-corrected chi connectivity index (χ0v) is 11.9. The van der Waals surface area contributed by atoms with E-state index in [9.17, 15) is 14.4 Å². The van der Waals surface area contributed by atoms with Crippen LogP contribution in [0.1, 0.15) is 35.7 Å². The van der Waals surface area contributed by atoms with Gasteiger partial charge < -0.3 is 14.0 Å². The van der Waals surface area contributed by atoms with Crippen LogP contribution in [0.15, 0.2) is 17.1 Å². The number of pyridine rings is 1. The highest BCUT2D eigenvalue weighted by Gasteiger charge is 2.14. The lowest BCUT2D eigenvalue weighted by atomic mass is 10.2. The summed E-state index contributed by atoms with van der Waals surface area (Å²) in [6, 6.07) is 2.82. The van der Waals surface area contributed by atoms with Crippen molar-refractivity contribution in [2.24, 2.45) is 0 Å². The van der Waals surface area contributed by atoms with Gasteiger partial charge in [-0.25, -0.2) is 4.79 Å². The molecule has 7 nitrogen and oxygen atoms in total. The highest BCUT2D eigenvalue weighted by atomic mass is 16.5. The molecule has 0 fully saturated rings. The van der Waals surface area contributed by atoms with Gasteiger partial charge >= 0.3 is 11.9 Å². The van der Waals surface area contributed by atoms with Crippen molar-refractivity contribution in [2.45, 2.75) is 26.3 Å². The SMILES string of the molecule is CCCCOC(=O)Cn1cc(C(=O)OC)cc(C#N)c1=O. The van der Waals surface area contributed by atoms with E-state index >= 15 is 0 Å². The van der Waals surface area contributed by atoms with E-state index in [-0.39, 0.29) is 24.3 Å². The molecule has 0 spiro atoms. The average molecular weight is 292 g/mol. The van der Waals surface area contributed by atoms with Crippen LogP contribution in [-0.4, -0.2) is 30.2 Å². The molecule has 0 radical (unpaired) electrons. The van der Waals surface area contributed by atoms with Gasteiger partial charge in [0.25, 0.3) is 5.56 Å². The van der Waals surface area contributed by atoms with E-state index in [0.29, 0.717) is 0 Å². The average Bonchev–Trinajstić information content (AvgIpc) is 2.48. The number of hydrogen-bond acceptors (Lipinski definition) is 6. The molecule has 0 aliphatic carbocycles. The third-order valence-corrected chi connectivity index (χ3v) is 2.69. The van der Waals surface area contributed by atoms with E-state index < -0.39 is 17.5 Å². The van der Waals surface area contributed by atoms with Crippen molar-refractivity contribution >= 4 is 11.9 Å². The quantitative estimate of drug-likeness (QED) is 0.569. The number of carbonyl (C=O) groups excluding carboxylic acids is 2. The lowest BCUT2D eigenvalue weighted by Crippen LogP contribution is -2.28. The molecule has 112 valence electrons. The second kappa shape index (κ2) is 7.85. The topological polar surface area (TPSA) is 98.4 Å². The number of methoxy groups -OCH3 is 1. The van der Waals surface area contributed by atoms with E-state index in [2.05, 4.69) is 4.74 Å². The first-order valence-electron chi connectivity index (χ1n) is 6.42. The minimum absolute atomic E-state index is 0.0232. The summed E-state index contributed by atoms with van der Waals surface area (Å²) in [6.07, 6.45) is 2.78. The Morgan fingerprint density at radius 3 is 2.71 bits per heavy atom. The highest BCUT2D eigenvalue weighted by molar-refractivity contribution is 5.89. The Labute approximate surface area is 121 Å². The molecule has 0 saturated carbocycles. The van der Waals surface area contributed by atoms with Gasteiger partial charge in [-0.1, -0.05) is 13.3 Å². The predicted octanol–water partition coefficient (Wildman–Crippen LogP) is 0.850. The maximum Gasteiger partial charge on any atom is 0.339 e. The maximum atomic E-state index is 11.9. The summed E-state index contributed by atoms with van der Waals surface area (Å²) in [6.45, 7) is 1.87.